The van der Waals surface area contributed by atoms with E-state index in [1.807, 2.05) is 31.2 Å². The standard InChI is InChI=1S/C15H13NO2S2/c1-10-16-14-9-12(6-7-15(14)19-10)11-4-3-5-13(8-11)20(2,17)18/h3-9H,1-2H3. The molecule has 3 nitrogen and oxygen atoms in total. The second-order valence-electron chi connectivity index (χ2n) is 4.72. The minimum absolute atomic E-state index is 0.338. The third-order valence-electron chi connectivity index (χ3n) is 3.09. The topological polar surface area (TPSA) is 47.0 Å². The molecule has 0 aliphatic heterocycles. The van der Waals surface area contributed by atoms with Crippen LogP contribution in [0.15, 0.2) is 47.4 Å². The van der Waals surface area contributed by atoms with Crippen molar-refractivity contribution in [3.63, 3.8) is 0 Å². The number of hydrogen-bond donors (Lipinski definition) is 0. The van der Waals surface area contributed by atoms with Crippen LogP contribution in [0.4, 0.5) is 0 Å². The average molecular weight is 303 g/mol. The summed E-state index contributed by atoms with van der Waals surface area (Å²) in [5.41, 5.74) is 2.82. The van der Waals surface area contributed by atoms with Crippen molar-refractivity contribution in [2.75, 3.05) is 6.26 Å². The van der Waals surface area contributed by atoms with Crippen LogP contribution in [-0.4, -0.2) is 19.7 Å². The summed E-state index contributed by atoms with van der Waals surface area (Å²) < 4.78 is 24.4. The van der Waals surface area contributed by atoms with Crippen molar-refractivity contribution >= 4 is 31.4 Å². The number of aromatic nitrogens is 1. The number of rotatable bonds is 2. The molecule has 0 atom stereocenters. The molecule has 102 valence electrons. The van der Waals surface area contributed by atoms with Crippen molar-refractivity contribution in [2.45, 2.75) is 11.8 Å². The van der Waals surface area contributed by atoms with Gasteiger partial charge in [-0.15, -0.1) is 11.3 Å². The quantitative estimate of drug-likeness (QED) is 0.725. The lowest BCUT2D eigenvalue weighted by molar-refractivity contribution is 0.602. The molecule has 0 amide bonds. The Morgan fingerprint density at radius 3 is 2.55 bits per heavy atom. The van der Waals surface area contributed by atoms with Crippen LogP contribution in [0.5, 0.6) is 0 Å². The summed E-state index contributed by atoms with van der Waals surface area (Å²) in [4.78, 5) is 4.81. The Balaban J connectivity index is 2.15. The maximum atomic E-state index is 11.6. The van der Waals surface area contributed by atoms with E-state index in [-0.39, 0.29) is 0 Å². The summed E-state index contributed by atoms with van der Waals surface area (Å²) in [6, 6.07) is 13.0. The highest BCUT2D eigenvalue weighted by Crippen LogP contribution is 2.28. The monoisotopic (exact) mass is 303 g/mol. The van der Waals surface area contributed by atoms with Gasteiger partial charge in [0.15, 0.2) is 9.84 Å². The van der Waals surface area contributed by atoms with E-state index < -0.39 is 9.84 Å². The highest BCUT2D eigenvalue weighted by Gasteiger charge is 2.09. The summed E-state index contributed by atoms with van der Waals surface area (Å²) in [5, 5.41) is 1.03. The van der Waals surface area contributed by atoms with Crippen molar-refractivity contribution in [3.05, 3.63) is 47.5 Å². The molecule has 0 saturated heterocycles. The lowest BCUT2D eigenvalue weighted by atomic mass is 10.1. The van der Waals surface area contributed by atoms with E-state index in [0.717, 1.165) is 26.4 Å². The van der Waals surface area contributed by atoms with Gasteiger partial charge in [0.25, 0.3) is 0 Å². The summed E-state index contributed by atoms with van der Waals surface area (Å²) in [6.07, 6.45) is 1.22. The van der Waals surface area contributed by atoms with Gasteiger partial charge in [0.2, 0.25) is 0 Å². The Hall–Kier alpha value is -1.72. The summed E-state index contributed by atoms with van der Waals surface area (Å²) in [7, 11) is -3.19. The van der Waals surface area contributed by atoms with Crippen LogP contribution in [0.25, 0.3) is 21.3 Å². The van der Waals surface area contributed by atoms with Gasteiger partial charge in [0.1, 0.15) is 0 Å². The molecule has 1 aromatic heterocycles. The molecule has 5 heteroatoms. The van der Waals surface area contributed by atoms with Gasteiger partial charge in [-0.2, -0.15) is 0 Å². The maximum Gasteiger partial charge on any atom is 0.175 e. The minimum atomic E-state index is -3.19. The number of thiazole rings is 1. The Morgan fingerprint density at radius 2 is 1.80 bits per heavy atom. The van der Waals surface area contributed by atoms with Gasteiger partial charge in [0, 0.05) is 6.26 Å². The van der Waals surface area contributed by atoms with Crippen molar-refractivity contribution < 1.29 is 8.42 Å². The van der Waals surface area contributed by atoms with Gasteiger partial charge >= 0.3 is 0 Å². The summed E-state index contributed by atoms with van der Waals surface area (Å²) >= 11 is 1.66. The fourth-order valence-corrected chi connectivity index (χ4v) is 3.60. The maximum absolute atomic E-state index is 11.6. The second-order valence-corrected chi connectivity index (χ2v) is 7.97. The van der Waals surface area contributed by atoms with E-state index in [2.05, 4.69) is 4.98 Å². The predicted molar refractivity (Wildman–Crippen MR) is 82.9 cm³/mol. The van der Waals surface area contributed by atoms with Crippen LogP contribution in [0.1, 0.15) is 5.01 Å². The molecule has 0 fully saturated rings. The highest BCUT2D eigenvalue weighted by molar-refractivity contribution is 7.90. The van der Waals surface area contributed by atoms with Crippen molar-refractivity contribution in [1.82, 2.24) is 4.98 Å². The first-order valence-electron chi connectivity index (χ1n) is 6.11. The Labute approximate surface area is 121 Å². The summed E-state index contributed by atoms with van der Waals surface area (Å²) in [5.74, 6) is 0. The molecule has 0 spiro atoms. The third kappa shape index (κ3) is 2.46. The lowest BCUT2D eigenvalue weighted by Crippen LogP contribution is -1.96. The van der Waals surface area contributed by atoms with Gasteiger partial charge in [-0.1, -0.05) is 18.2 Å². The third-order valence-corrected chi connectivity index (χ3v) is 5.15. The largest absolute Gasteiger partial charge is 0.241 e. The fourth-order valence-electron chi connectivity index (χ4n) is 2.13. The molecule has 0 unspecified atom stereocenters. The van der Waals surface area contributed by atoms with E-state index in [1.54, 1.807) is 29.5 Å². The fraction of sp³-hybridized carbons (Fsp3) is 0.133. The van der Waals surface area contributed by atoms with Crippen LogP contribution in [0.2, 0.25) is 0 Å². The number of hydrogen-bond acceptors (Lipinski definition) is 4. The minimum Gasteiger partial charge on any atom is -0.241 e. The first-order chi connectivity index (χ1) is 9.43. The van der Waals surface area contributed by atoms with Crippen LogP contribution in [-0.2, 0) is 9.84 Å². The highest BCUT2D eigenvalue weighted by atomic mass is 32.2. The van der Waals surface area contributed by atoms with E-state index >= 15 is 0 Å². The smallest absolute Gasteiger partial charge is 0.175 e. The van der Waals surface area contributed by atoms with Gasteiger partial charge in [0.05, 0.1) is 20.1 Å². The van der Waals surface area contributed by atoms with E-state index in [0.29, 0.717) is 4.90 Å². The molecule has 2 aromatic carbocycles. The first-order valence-corrected chi connectivity index (χ1v) is 8.82. The molecule has 0 saturated carbocycles. The zero-order valence-electron chi connectivity index (χ0n) is 11.1. The molecule has 3 rings (SSSR count). The molecule has 20 heavy (non-hydrogen) atoms. The number of benzene rings is 2. The van der Waals surface area contributed by atoms with Gasteiger partial charge < -0.3 is 0 Å². The van der Waals surface area contributed by atoms with Gasteiger partial charge in [-0.25, -0.2) is 13.4 Å². The molecule has 3 aromatic rings. The van der Waals surface area contributed by atoms with Crippen LogP contribution in [0, 0.1) is 6.92 Å². The molecule has 0 radical (unpaired) electrons. The molecule has 1 heterocycles. The van der Waals surface area contributed by atoms with Crippen molar-refractivity contribution in [3.8, 4) is 11.1 Å². The lowest BCUT2D eigenvalue weighted by Gasteiger charge is -2.04. The molecule has 0 aliphatic carbocycles. The molecule has 0 bridgehead atoms. The number of sulfone groups is 1. The second kappa shape index (κ2) is 4.68. The van der Waals surface area contributed by atoms with Gasteiger partial charge in [-0.3, -0.25) is 0 Å². The first kappa shape index (κ1) is 13.3. The number of aryl methyl sites for hydroxylation is 1. The predicted octanol–water partition coefficient (Wildman–Crippen LogP) is 3.68. The molecular weight excluding hydrogens is 290 g/mol. The van der Waals surface area contributed by atoms with E-state index in [9.17, 15) is 8.42 Å². The van der Waals surface area contributed by atoms with E-state index in [1.165, 1.54) is 6.26 Å². The number of fused-ring (bicyclic) bond motifs is 1. The molecular formula is C15H13NO2S2. The SMILES string of the molecule is Cc1nc2cc(-c3cccc(S(C)(=O)=O)c3)ccc2s1. The Bertz CT molecular complexity index is 895. The van der Waals surface area contributed by atoms with Crippen LogP contribution in [0.3, 0.4) is 0 Å². The molecule has 0 aliphatic rings. The van der Waals surface area contributed by atoms with Crippen molar-refractivity contribution in [2.24, 2.45) is 0 Å². The van der Waals surface area contributed by atoms with Crippen LogP contribution >= 0.6 is 11.3 Å². The molecule has 0 N–H and O–H groups in total. The Kier molecular flexibility index (Phi) is 3.11. The zero-order valence-corrected chi connectivity index (χ0v) is 12.8. The average Bonchev–Trinajstić information content (AvgIpc) is 2.77. The number of nitrogens with zero attached hydrogens (tertiary/aromatic N) is 1. The van der Waals surface area contributed by atoms with Crippen molar-refractivity contribution in [1.29, 1.82) is 0 Å². The van der Waals surface area contributed by atoms with E-state index in [4.69, 9.17) is 0 Å². The Morgan fingerprint density at radius 1 is 1.05 bits per heavy atom. The normalized spacial score (nSPS) is 11.9. The van der Waals surface area contributed by atoms with Crippen LogP contribution < -0.4 is 0 Å². The summed E-state index contributed by atoms with van der Waals surface area (Å²) in [6.45, 7) is 1.98. The van der Waals surface area contributed by atoms with Gasteiger partial charge in [-0.05, 0) is 42.3 Å². The zero-order chi connectivity index (χ0) is 14.3.